The molecule has 3 aliphatic rings. The Labute approximate surface area is 139 Å². The number of hydrogen-bond acceptors (Lipinski definition) is 3. The highest BCUT2D eigenvalue weighted by Gasteiger charge is 2.56. The van der Waals surface area contributed by atoms with Gasteiger partial charge in [-0.3, -0.25) is 9.59 Å². The second-order valence-electron chi connectivity index (χ2n) is 8.54. The summed E-state index contributed by atoms with van der Waals surface area (Å²) < 4.78 is 5.58. The van der Waals surface area contributed by atoms with Gasteiger partial charge >= 0.3 is 0 Å². The van der Waals surface area contributed by atoms with Gasteiger partial charge in [0.05, 0.1) is 0 Å². The summed E-state index contributed by atoms with van der Waals surface area (Å²) in [5.74, 6) is 1.70. The number of allylic oxidation sites excluding steroid dienone is 3. The van der Waals surface area contributed by atoms with Crippen LogP contribution in [-0.2, 0) is 14.3 Å². The Morgan fingerprint density at radius 2 is 1.87 bits per heavy atom. The molecule has 0 radical (unpaired) electrons. The van der Waals surface area contributed by atoms with Crippen LogP contribution >= 0.6 is 0 Å². The van der Waals surface area contributed by atoms with Crippen molar-refractivity contribution < 1.29 is 14.3 Å². The van der Waals surface area contributed by atoms with Crippen LogP contribution in [0.2, 0.25) is 0 Å². The molecule has 1 saturated heterocycles. The van der Waals surface area contributed by atoms with Gasteiger partial charge in [-0.15, -0.1) is 0 Å². The average molecular weight is 316 g/mol. The van der Waals surface area contributed by atoms with Gasteiger partial charge in [-0.2, -0.15) is 0 Å². The van der Waals surface area contributed by atoms with Crippen LogP contribution in [0.4, 0.5) is 0 Å². The lowest BCUT2D eigenvalue weighted by molar-refractivity contribution is -0.121. The summed E-state index contributed by atoms with van der Waals surface area (Å²) in [5, 5.41) is 0. The number of epoxide rings is 1. The second kappa shape index (κ2) is 5.41. The predicted molar refractivity (Wildman–Crippen MR) is 90.0 cm³/mol. The van der Waals surface area contributed by atoms with Crippen molar-refractivity contribution in [1.82, 2.24) is 0 Å². The minimum absolute atomic E-state index is 0.0276. The number of carbonyl (C=O) groups is 2. The first-order valence-electron chi connectivity index (χ1n) is 8.77. The first-order chi connectivity index (χ1) is 10.6. The number of hydrogen-bond donors (Lipinski definition) is 0. The largest absolute Gasteiger partial charge is 0.354 e. The van der Waals surface area contributed by atoms with E-state index < -0.39 is 5.60 Å². The van der Waals surface area contributed by atoms with Crippen molar-refractivity contribution in [2.24, 2.45) is 23.2 Å². The van der Waals surface area contributed by atoms with Gasteiger partial charge in [0.25, 0.3) is 0 Å². The second-order valence-corrected chi connectivity index (χ2v) is 8.54. The minimum Gasteiger partial charge on any atom is -0.354 e. The van der Waals surface area contributed by atoms with Crippen molar-refractivity contribution in [2.45, 2.75) is 65.6 Å². The van der Waals surface area contributed by atoms with E-state index in [-0.39, 0.29) is 23.1 Å². The molecule has 126 valence electrons. The number of rotatable bonds is 0. The number of fused-ring (bicyclic) bond motifs is 2. The lowest BCUT2D eigenvalue weighted by Gasteiger charge is -2.11. The summed E-state index contributed by atoms with van der Waals surface area (Å²) in [6.45, 7) is 10.5. The molecule has 0 amide bonds. The van der Waals surface area contributed by atoms with Crippen molar-refractivity contribution in [3.05, 3.63) is 23.8 Å². The average Bonchev–Trinajstić information content (AvgIpc) is 3.28. The predicted octanol–water partition coefficient (Wildman–Crippen LogP) is 3.88. The van der Waals surface area contributed by atoms with Gasteiger partial charge in [-0.05, 0) is 67.6 Å². The van der Waals surface area contributed by atoms with Gasteiger partial charge in [0.2, 0.25) is 0 Å². The van der Waals surface area contributed by atoms with Gasteiger partial charge in [0.15, 0.2) is 11.6 Å². The number of ether oxygens (including phenoxy) is 1. The topological polar surface area (TPSA) is 46.7 Å². The van der Waals surface area contributed by atoms with E-state index in [9.17, 15) is 9.59 Å². The molecule has 0 bridgehead atoms. The lowest BCUT2D eigenvalue weighted by atomic mass is 9.92. The van der Waals surface area contributed by atoms with Crippen LogP contribution in [0.3, 0.4) is 0 Å². The van der Waals surface area contributed by atoms with Crippen LogP contribution in [-0.4, -0.2) is 23.3 Å². The lowest BCUT2D eigenvalue weighted by Crippen LogP contribution is -2.18. The van der Waals surface area contributed by atoms with E-state index in [0.717, 1.165) is 18.4 Å². The SMILES string of the molecule is C/C1=C\[C@@H]2[C@H](CC[C@H](C)CC(=O)[C@@H]3O[C@]3(C)/C=C/C1=O)C2(C)C. The van der Waals surface area contributed by atoms with Crippen LogP contribution in [0.1, 0.15) is 53.9 Å². The maximum atomic E-state index is 12.4. The fraction of sp³-hybridized carbons (Fsp3) is 0.700. The molecule has 0 unspecified atom stereocenters. The van der Waals surface area contributed by atoms with Crippen molar-refractivity contribution in [1.29, 1.82) is 0 Å². The highest BCUT2D eigenvalue weighted by atomic mass is 16.6. The molecular formula is C20H28O3. The van der Waals surface area contributed by atoms with E-state index >= 15 is 0 Å². The zero-order valence-electron chi connectivity index (χ0n) is 14.9. The molecule has 3 heteroatoms. The normalized spacial score (nSPS) is 46.7. The standard InChI is InChI=1S/C20H28O3/c1-12-6-7-14-15(19(14,3)4)11-13(2)16(21)8-9-20(5)18(23-20)17(22)10-12/h8-9,11-12,14-15,18H,6-7,10H2,1-5H3/b9-8+,13-11+/t12-,14-,15+,18-,20+/m0/s1. The van der Waals surface area contributed by atoms with Crippen LogP contribution in [0.15, 0.2) is 23.8 Å². The van der Waals surface area contributed by atoms with E-state index in [4.69, 9.17) is 4.74 Å². The molecule has 0 aromatic carbocycles. The Morgan fingerprint density at radius 3 is 2.57 bits per heavy atom. The van der Waals surface area contributed by atoms with Gasteiger partial charge in [0.1, 0.15) is 11.7 Å². The molecule has 0 aromatic rings. The van der Waals surface area contributed by atoms with E-state index in [2.05, 4.69) is 26.8 Å². The molecule has 1 heterocycles. The van der Waals surface area contributed by atoms with Gasteiger partial charge in [-0.1, -0.05) is 26.8 Å². The van der Waals surface area contributed by atoms with Crippen LogP contribution in [0.5, 0.6) is 0 Å². The first kappa shape index (κ1) is 16.6. The number of carbonyl (C=O) groups excluding carboxylic acids is 2. The molecule has 23 heavy (non-hydrogen) atoms. The summed E-state index contributed by atoms with van der Waals surface area (Å²) in [4.78, 5) is 24.7. The first-order valence-corrected chi connectivity index (χ1v) is 8.77. The third-order valence-corrected chi connectivity index (χ3v) is 6.17. The summed E-state index contributed by atoms with van der Waals surface area (Å²) in [7, 11) is 0. The molecular weight excluding hydrogens is 288 g/mol. The van der Waals surface area contributed by atoms with E-state index in [1.54, 1.807) is 12.2 Å². The smallest absolute Gasteiger partial charge is 0.181 e. The number of Topliss-reactive ketones (excluding diaryl/α,β-unsaturated/α-hetero) is 1. The van der Waals surface area contributed by atoms with Crippen molar-refractivity contribution in [3.8, 4) is 0 Å². The molecule has 3 rings (SSSR count). The molecule has 5 atom stereocenters. The van der Waals surface area contributed by atoms with Crippen molar-refractivity contribution >= 4 is 11.6 Å². The van der Waals surface area contributed by atoms with Crippen LogP contribution in [0, 0.1) is 23.2 Å². The Morgan fingerprint density at radius 1 is 1.17 bits per heavy atom. The monoisotopic (exact) mass is 316 g/mol. The van der Waals surface area contributed by atoms with Gasteiger partial charge < -0.3 is 4.74 Å². The zero-order chi connectivity index (χ0) is 17.0. The third kappa shape index (κ3) is 3.08. The van der Waals surface area contributed by atoms with Crippen molar-refractivity contribution in [3.63, 3.8) is 0 Å². The Bertz CT molecular complexity index is 598. The van der Waals surface area contributed by atoms with Gasteiger partial charge in [0, 0.05) is 6.42 Å². The Balaban J connectivity index is 1.83. The summed E-state index contributed by atoms with van der Waals surface area (Å²) in [6, 6.07) is 0. The molecule has 2 aliphatic carbocycles. The van der Waals surface area contributed by atoms with Crippen LogP contribution < -0.4 is 0 Å². The maximum absolute atomic E-state index is 12.4. The van der Waals surface area contributed by atoms with Gasteiger partial charge in [-0.25, -0.2) is 0 Å². The zero-order valence-corrected chi connectivity index (χ0v) is 14.9. The molecule has 3 nitrogen and oxygen atoms in total. The maximum Gasteiger partial charge on any atom is 0.181 e. The molecule has 2 fully saturated rings. The molecule has 1 aliphatic heterocycles. The minimum atomic E-state index is -0.585. The van der Waals surface area contributed by atoms with E-state index in [1.807, 2.05) is 13.8 Å². The number of ketones is 2. The molecule has 0 aromatic heterocycles. The third-order valence-electron chi connectivity index (χ3n) is 6.17. The van der Waals surface area contributed by atoms with E-state index in [1.165, 1.54) is 0 Å². The summed E-state index contributed by atoms with van der Waals surface area (Å²) in [6.07, 6.45) is 7.91. The highest BCUT2D eigenvalue weighted by molar-refractivity contribution is 6.03. The Hall–Kier alpha value is -1.22. The fourth-order valence-corrected chi connectivity index (χ4v) is 4.14. The van der Waals surface area contributed by atoms with E-state index in [0.29, 0.717) is 24.2 Å². The molecule has 0 spiro atoms. The quantitative estimate of drug-likeness (QED) is 0.637. The highest BCUT2D eigenvalue weighted by Crippen LogP contribution is 2.61. The molecule has 1 saturated carbocycles. The van der Waals surface area contributed by atoms with Crippen LogP contribution in [0.25, 0.3) is 0 Å². The molecule has 0 N–H and O–H groups in total. The summed E-state index contributed by atoms with van der Waals surface area (Å²) >= 11 is 0. The van der Waals surface area contributed by atoms with Crippen molar-refractivity contribution in [2.75, 3.05) is 0 Å². The Kier molecular flexibility index (Phi) is 3.91. The summed E-state index contributed by atoms with van der Waals surface area (Å²) in [5.41, 5.74) is 0.490. The fourth-order valence-electron chi connectivity index (χ4n) is 4.14.